The Morgan fingerprint density at radius 2 is 2.43 bits per heavy atom. The number of rotatable bonds is 4. The molecule has 78 valence electrons. The van der Waals surface area contributed by atoms with Crippen LogP contribution in [0.15, 0.2) is 12.2 Å². The van der Waals surface area contributed by atoms with E-state index < -0.39 is 0 Å². The molecule has 0 aliphatic carbocycles. The number of nitrogens with zero attached hydrogens (tertiary/aromatic N) is 1. The van der Waals surface area contributed by atoms with Crippen molar-refractivity contribution >= 4 is 11.9 Å². The first-order chi connectivity index (χ1) is 6.74. The largest absolute Gasteiger partial charge is 0.461 e. The fourth-order valence-electron chi connectivity index (χ4n) is 1.38. The van der Waals surface area contributed by atoms with Gasteiger partial charge in [0.2, 0.25) is 5.91 Å². The molecule has 4 heteroatoms. The van der Waals surface area contributed by atoms with Crippen LogP contribution in [0, 0.1) is 0 Å². The molecule has 1 heterocycles. The Hall–Kier alpha value is -1.32. The molecule has 1 aliphatic heterocycles. The molecule has 0 radical (unpaired) electrons. The first-order valence-electron chi connectivity index (χ1n) is 4.81. The lowest BCUT2D eigenvalue weighted by atomic mass is 10.4. The fraction of sp³-hybridized carbons (Fsp3) is 0.600. The van der Waals surface area contributed by atoms with Crippen LogP contribution >= 0.6 is 0 Å². The summed E-state index contributed by atoms with van der Waals surface area (Å²) in [6.07, 6.45) is 4.54. The molecule has 4 nitrogen and oxygen atoms in total. The minimum Gasteiger partial charge on any atom is -0.461 e. The van der Waals surface area contributed by atoms with Gasteiger partial charge in [-0.3, -0.25) is 4.79 Å². The summed E-state index contributed by atoms with van der Waals surface area (Å²) in [6, 6.07) is 0. The Kier molecular flexibility index (Phi) is 4.16. The number of carbonyl (C=O) groups is 2. The van der Waals surface area contributed by atoms with Gasteiger partial charge in [0, 0.05) is 19.0 Å². The summed E-state index contributed by atoms with van der Waals surface area (Å²) in [5.74, 6) is -0.189. The summed E-state index contributed by atoms with van der Waals surface area (Å²) in [7, 11) is 0. The highest BCUT2D eigenvalue weighted by molar-refractivity contribution is 5.81. The molecule has 0 N–H and O–H groups in total. The van der Waals surface area contributed by atoms with E-state index >= 15 is 0 Å². The number of allylic oxidation sites excluding steroid dienone is 1. The second-order valence-corrected chi connectivity index (χ2v) is 3.15. The van der Waals surface area contributed by atoms with Crippen molar-refractivity contribution in [1.29, 1.82) is 0 Å². The van der Waals surface area contributed by atoms with Crippen molar-refractivity contribution in [2.45, 2.75) is 19.8 Å². The predicted molar refractivity (Wildman–Crippen MR) is 51.6 cm³/mol. The zero-order chi connectivity index (χ0) is 10.4. The molecule has 0 atom stereocenters. The standard InChI is InChI=1S/C10H15NO3/c1-2-4-10(13)14-8-7-11-6-3-5-9(11)12/h2,4H,3,5-8H2,1H3/b4-2+. The highest BCUT2D eigenvalue weighted by atomic mass is 16.5. The van der Waals surface area contributed by atoms with Gasteiger partial charge in [-0.05, 0) is 13.3 Å². The van der Waals surface area contributed by atoms with Crippen molar-refractivity contribution < 1.29 is 14.3 Å². The fourth-order valence-corrected chi connectivity index (χ4v) is 1.38. The van der Waals surface area contributed by atoms with Gasteiger partial charge < -0.3 is 9.64 Å². The highest BCUT2D eigenvalue weighted by Gasteiger charge is 2.19. The van der Waals surface area contributed by atoms with E-state index in [4.69, 9.17) is 4.74 Å². The lowest BCUT2D eigenvalue weighted by Gasteiger charge is -2.14. The van der Waals surface area contributed by atoms with Crippen LogP contribution < -0.4 is 0 Å². The molecule has 1 aliphatic rings. The zero-order valence-corrected chi connectivity index (χ0v) is 8.36. The third-order valence-corrected chi connectivity index (χ3v) is 2.08. The maximum atomic E-state index is 11.1. The molecular weight excluding hydrogens is 182 g/mol. The summed E-state index contributed by atoms with van der Waals surface area (Å²) in [5, 5.41) is 0. The van der Waals surface area contributed by atoms with E-state index in [1.807, 2.05) is 0 Å². The number of esters is 1. The maximum Gasteiger partial charge on any atom is 0.330 e. The summed E-state index contributed by atoms with van der Waals surface area (Å²) in [5.41, 5.74) is 0. The van der Waals surface area contributed by atoms with Crippen molar-refractivity contribution in [3.05, 3.63) is 12.2 Å². The Morgan fingerprint density at radius 1 is 1.64 bits per heavy atom. The van der Waals surface area contributed by atoms with Crippen molar-refractivity contribution in [2.24, 2.45) is 0 Å². The third-order valence-electron chi connectivity index (χ3n) is 2.08. The van der Waals surface area contributed by atoms with Crippen molar-refractivity contribution in [2.75, 3.05) is 19.7 Å². The SMILES string of the molecule is C/C=C/C(=O)OCCN1CCCC1=O. The van der Waals surface area contributed by atoms with E-state index in [2.05, 4.69) is 0 Å². The zero-order valence-electron chi connectivity index (χ0n) is 8.36. The number of hydrogen-bond acceptors (Lipinski definition) is 3. The van der Waals surface area contributed by atoms with Gasteiger partial charge in [0.15, 0.2) is 0 Å². The van der Waals surface area contributed by atoms with E-state index in [0.29, 0.717) is 13.0 Å². The van der Waals surface area contributed by atoms with Gasteiger partial charge in [-0.1, -0.05) is 6.08 Å². The molecule has 1 fully saturated rings. The molecule has 1 rings (SSSR count). The molecule has 0 saturated carbocycles. The van der Waals surface area contributed by atoms with Gasteiger partial charge in [-0.15, -0.1) is 0 Å². The first-order valence-corrected chi connectivity index (χ1v) is 4.81. The Labute approximate surface area is 83.5 Å². The van der Waals surface area contributed by atoms with E-state index in [1.165, 1.54) is 6.08 Å². The molecule has 0 bridgehead atoms. The monoisotopic (exact) mass is 197 g/mol. The van der Waals surface area contributed by atoms with Gasteiger partial charge >= 0.3 is 5.97 Å². The van der Waals surface area contributed by atoms with Crippen LogP contribution in [0.1, 0.15) is 19.8 Å². The number of likely N-dealkylation sites (tertiary alicyclic amines) is 1. The van der Waals surface area contributed by atoms with E-state index in [1.54, 1.807) is 17.9 Å². The number of ether oxygens (including phenoxy) is 1. The average Bonchev–Trinajstić information content (AvgIpc) is 2.52. The van der Waals surface area contributed by atoms with Gasteiger partial charge in [0.25, 0.3) is 0 Å². The van der Waals surface area contributed by atoms with E-state index in [9.17, 15) is 9.59 Å². The first kappa shape index (κ1) is 10.8. The van der Waals surface area contributed by atoms with Crippen molar-refractivity contribution in [3.8, 4) is 0 Å². The molecule has 0 spiro atoms. The Bertz CT molecular complexity index is 248. The molecule has 0 unspecified atom stereocenters. The number of hydrogen-bond donors (Lipinski definition) is 0. The lowest BCUT2D eigenvalue weighted by Crippen LogP contribution is -2.29. The predicted octanol–water partition coefficient (Wildman–Crippen LogP) is 0.728. The minimum atomic E-state index is -0.348. The molecule has 0 aromatic carbocycles. The van der Waals surface area contributed by atoms with Gasteiger partial charge in [0.05, 0.1) is 6.54 Å². The average molecular weight is 197 g/mol. The second-order valence-electron chi connectivity index (χ2n) is 3.15. The summed E-state index contributed by atoms with van der Waals surface area (Å²) < 4.78 is 4.87. The normalized spacial score (nSPS) is 16.6. The van der Waals surface area contributed by atoms with Crippen LogP contribution in [-0.4, -0.2) is 36.5 Å². The number of carbonyl (C=O) groups excluding carboxylic acids is 2. The molecular formula is C10H15NO3. The van der Waals surface area contributed by atoms with Gasteiger partial charge in [0.1, 0.15) is 6.61 Å². The number of amides is 1. The maximum absolute atomic E-state index is 11.1. The summed E-state index contributed by atoms with van der Waals surface area (Å²) in [4.78, 5) is 23.8. The van der Waals surface area contributed by atoms with Crippen molar-refractivity contribution in [3.63, 3.8) is 0 Å². The smallest absolute Gasteiger partial charge is 0.330 e. The second kappa shape index (κ2) is 5.42. The van der Waals surface area contributed by atoms with Crippen LogP contribution in [-0.2, 0) is 14.3 Å². The van der Waals surface area contributed by atoms with Crippen LogP contribution in [0.2, 0.25) is 0 Å². The van der Waals surface area contributed by atoms with Crippen molar-refractivity contribution in [1.82, 2.24) is 4.90 Å². The third kappa shape index (κ3) is 3.20. The molecule has 1 amide bonds. The van der Waals surface area contributed by atoms with E-state index in [-0.39, 0.29) is 18.5 Å². The van der Waals surface area contributed by atoms with Gasteiger partial charge in [-0.25, -0.2) is 4.79 Å². The Balaban J connectivity index is 2.15. The summed E-state index contributed by atoms with van der Waals surface area (Å²) >= 11 is 0. The minimum absolute atomic E-state index is 0.159. The van der Waals surface area contributed by atoms with Crippen LogP contribution in [0.5, 0.6) is 0 Å². The Morgan fingerprint density at radius 3 is 3.00 bits per heavy atom. The molecule has 0 aromatic rings. The quantitative estimate of drug-likeness (QED) is 0.493. The van der Waals surface area contributed by atoms with Crippen LogP contribution in [0.4, 0.5) is 0 Å². The van der Waals surface area contributed by atoms with E-state index in [0.717, 1.165) is 13.0 Å². The highest BCUT2D eigenvalue weighted by Crippen LogP contribution is 2.08. The lowest BCUT2D eigenvalue weighted by molar-refractivity contribution is -0.140. The summed E-state index contributed by atoms with van der Waals surface area (Å²) in [6.45, 7) is 3.35. The molecule has 1 saturated heterocycles. The molecule has 14 heavy (non-hydrogen) atoms. The van der Waals surface area contributed by atoms with Crippen LogP contribution in [0.25, 0.3) is 0 Å². The molecule has 0 aromatic heterocycles. The van der Waals surface area contributed by atoms with Gasteiger partial charge in [-0.2, -0.15) is 0 Å². The van der Waals surface area contributed by atoms with Crippen LogP contribution in [0.3, 0.4) is 0 Å². The topological polar surface area (TPSA) is 46.6 Å².